The number of nitrogens with one attached hydrogen (secondary N) is 1. The maximum atomic E-state index is 13.2. The van der Waals surface area contributed by atoms with Gasteiger partial charge in [0, 0.05) is 32.6 Å². The predicted molar refractivity (Wildman–Crippen MR) is 98.9 cm³/mol. The summed E-state index contributed by atoms with van der Waals surface area (Å²) in [5.74, 6) is -0.196. The van der Waals surface area contributed by atoms with Crippen LogP contribution >= 0.6 is 27.3 Å². The van der Waals surface area contributed by atoms with Crippen molar-refractivity contribution < 1.29 is 9.18 Å². The van der Waals surface area contributed by atoms with E-state index in [-0.39, 0.29) is 17.6 Å². The summed E-state index contributed by atoms with van der Waals surface area (Å²) in [5.41, 5.74) is 3.84. The van der Waals surface area contributed by atoms with Crippen LogP contribution in [0.2, 0.25) is 0 Å². The molecule has 0 fully saturated rings. The number of fused-ring (bicyclic) bond motifs is 1. The van der Waals surface area contributed by atoms with Crippen LogP contribution in [-0.2, 0) is 4.79 Å². The van der Waals surface area contributed by atoms with Crippen LogP contribution < -0.4 is 5.32 Å². The van der Waals surface area contributed by atoms with E-state index in [0.29, 0.717) is 6.42 Å². The van der Waals surface area contributed by atoms with E-state index in [1.54, 1.807) is 23.5 Å². The van der Waals surface area contributed by atoms with E-state index in [1.807, 2.05) is 17.5 Å². The monoisotopic (exact) mass is 401 g/mol. The lowest BCUT2D eigenvalue weighted by Crippen LogP contribution is -2.22. The first-order valence-electron chi connectivity index (χ1n) is 7.54. The van der Waals surface area contributed by atoms with E-state index in [0.717, 1.165) is 31.7 Å². The molecule has 1 amide bonds. The van der Waals surface area contributed by atoms with Crippen molar-refractivity contribution in [3.8, 4) is 11.1 Å². The van der Waals surface area contributed by atoms with Gasteiger partial charge in [0.1, 0.15) is 5.82 Å². The fourth-order valence-electron chi connectivity index (χ4n) is 3.03. The summed E-state index contributed by atoms with van der Waals surface area (Å²) in [7, 11) is 0. The van der Waals surface area contributed by atoms with Gasteiger partial charge in [0.2, 0.25) is 5.91 Å². The topological polar surface area (TPSA) is 29.1 Å². The van der Waals surface area contributed by atoms with E-state index in [1.165, 1.54) is 12.1 Å². The zero-order valence-electron chi connectivity index (χ0n) is 12.6. The number of carbonyl (C=O) groups is 1. The molecule has 1 N–H and O–H groups in total. The van der Waals surface area contributed by atoms with Gasteiger partial charge in [0.25, 0.3) is 0 Å². The summed E-state index contributed by atoms with van der Waals surface area (Å²) < 4.78 is 14.2. The Kier molecular flexibility index (Phi) is 3.98. The van der Waals surface area contributed by atoms with Crippen molar-refractivity contribution in [2.45, 2.75) is 12.3 Å². The quantitative estimate of drug-likeness (QED) is 0.578. The Morgan fingerprint density at radius 2 is 1.79 bits per heavy atom. The van der Waals surface area contributed by atoms with Crippen molar-refractivity contribution in [3.05, 3.63) is 74.6 Å². The highest BCUT2D eigenvalue weighted by Gasteiger charge is 2.30. The normalized spacial score (nSPS) is 16.6. The van der Waals surface area contributed by atoms with Crippen LogP contribution in [0.25, 0.3) is 11.1 Å². The number of anilines is 1. The molecule has 0 radical (unpaired) electrons. The second-order valence-electron chi connectivity index (χ2n) is 5.75. The van der Waals surface area contributed by atoms with Crippen LogP contribution in [0.3, 0.4) is 0 Å². The number of carbonyl (C=O) groups excluding carboxylic acids is 1. The summed E-state index contributed by atoms with van der Waals surface area (Å²) in [6.45, 7) is 0. The van der Waals surface area contributed by atoms with Gasteiger partial charge in [-0.1, -0.05) is 40.2 Å². The van der Waals surface area contributed by atoms with Gasteiger partial charge < -0.3 is 5.32 Å². The van der Waals surface area contributed by atoms with Crippen LogP contribution in [0.1, 0.15) is 22.8 Å². The van der Waals surface area contributed by atoms with Gasteiger partial charge in [-0.25, -0.2) is 4.39 Å². The predicted octanol–water partition coefficient (Wildman–Crippen LogP) is 5.79. The van der Waals surface area contributed by atoms with Crippen molar-refractivity contribution in [3.63, 3.8) is 0 Å². The molecule has 4 rings (SSSR count). The first-order chi connectivity index (χ1) is 11.6. The molecule has 3 aromatic rings. The summed E-state index contributed by atoms with van der Waals surface area (Å²) in [5, 5.41) is 5.04. The molecule has 1 atom stereocenters. The molecule has 0 spiro atoms. The molecule has 0 saturated carbocycles. The zero-order chi connectivity index (χ0) is 16.7. The first kappa shape index (κ1) is 15.5. The number of halogens is 2. The van der Waals surface area contributed by atoms with E-state index in [2.05, 4.69) is 33.4 Å². The standard InChI is InChI=1S/C19H13BrFNOS/c20-13-5-1-11(2-6-13)15-9-17(23)22-18-16(10-24-19(15)18)12-3-7-14(21)8-4-12/h1-8,10,15H,9H2,(H,22,23). The Morgan fingerprint density at radius 1 is 1.08 bits per heavy atom. The Hall–Kier alpha value is -1.98. The SMILES string of the molecule is O=C1CC(c2ccc(Br)cc2)c2scc(-c3ccc(F)cc3)c2N1. The molecule has 0 aliphatic carbocycles. The Bertz CT molecular complexity index is 902. The minimum atomic E-state index is -0.264. The molecule has 0 bridgehead atoms. The summed E-state index contributed by atoms with van der Waals surface area (Å²) in [6, 6.07) is 14.5. The molecule has 1 aliphatic rings. The number of benzene rings is 2. The van der Waals surface area contributed by atoms with Gasteiger partial charge in [0.15, 0.2) is 0 Å². The number of hydrogen-bond acceptors (Lipinski definition) is 2. The minimum absolute atomic E-state index is 0.0113. The second kappa shape index (κ2) is 6.15. The minimum Gasteiger partial charge on any atom is -0.325 e. The lowest BCUT2D eigenvalue weighted by molar-refractivity contribution is -0.116. The van der Waals surface area contributed by atoms with Crippen molar-refractivity contribution in [2.24, 2.45) is 0 Å². The highest BCUT2D eigenvalue weighted by Crippen LogP contribution is 2.46. The fourth-order valence-corrected chi connectivity index (χ4v) is 4.46. The molecule has 0 saturated heterocycles. The summed E-state index contributed by atoms with van der Waals surface area (Å²) in [6.07, 6.45) is 0.442. The third-order valence-electron chi connectivity index (χ3n) is 4.22. The van der Waals surface area contributed by atoms with E-state index in [4.69, 9.17) is 0 Å². The number of thiophene rings is 1. The van der Waals surface area contributed by atoms with Gasteiger partial charge in [0.05, 0.1) is 5.69 Å². The van der Waals surface area contributed by atoms with E-state index in [9.17, 15) is 9.18 Å². The fraction of sp³-hybridized carbons (Fsp3) is 0.105. The highest BCUT2D eigenvalue weighted by molar-refractivity contribution is 9.10. The zero-order valence-corrected chi connectivity index (χ0v) is 15.0. The van der Waals surface area contributed by atoms with Crippen LogP contribution in [0, 0.1) is 5.82 Å². The van der Waals surface area contributed by atoms with E-state index < -0.39 is 0 Å². The molecule has 1 unspecified atom stereocenters. The maximum Gasteiger partial charge on any atom is 0.225 e. The van der Waals surface area contributed by atoms with Crippen LogP contribution in [0.5, 0.6) is 0 Å². The van der Waals surface area contributed by atoms with Crippen molar-refractivity contribution in [2.75, 3.05) is 5.32 Å². The Morgan fingerprint density at radius 3 is 2.50 bits per heavy atom. The number of rotatable bonds is 2. The third kappa shape index (κ3) is 2.78. The molecule has 2 aromatic carbocycles. The van der Waals surface area contributed by atoms with Crippen molar-refractivity contribution in [1.29, 1.82) is 0 Å². The highest BCUT2D eigenvalue weighted by atomic mass is 79.9. The number of amides is 1. The molecule has 1 aromatic heterocycles. The van der Waals surface area contributed by atoms with Crippen LogP contribution in [-0.4, -0.2) is 5.91 Å². The van der Waals surface area contributed by atoms with Gasteiger partial charge in [-0.05, 0) is 35.4 Å². The van der Waals surface area contributed by atoms with Gasteiger partial charge in [-0.3, -0.25) is 4.79 Å². The molecule has 2 heterocycles. The first-order valence-corrected chi connectivity index (χ1v) is 9.22. The average Bonchev–Trinajstić information content (AvgIpc) is 2.99. The Balaban J connectivity index is 1.80. The lowest BCUT2D eigenvalue weighted by Gasteiger charge is -2.24. The molecule has 120 valence electrons. The van der Waals surface area contributed by atoms with Gasteiger partial charge in [-0.2, -0.15) is 0 Å². The van der Waals surface area contributed by atoms with Crippen LogP contribution in [0.4, 0.5) is 10.1 Å². The van der Waals surface area contributed by atoms with Crippen molar-refractivity contribution >= 4 is 38.9 Å². The van der Waals surface area contributed by atoms with E-state index >= 15 is 0 Å². The maximum absolute atomic E-state index is 13.2. The molecule has 2 nitrogen and oxygen atoms in total. The molecular weight excluding hydrogens is 389 g/mol. The largest absolute Gasteiger partial charge is 0.325 e. The Labute approximate surface area is 151 Å². The van der Waals surface area contributed by atoms with Gasteiger partial charge in [-0.15, -0.1) is 11.3 Å². The third-order valence-corrected chi connectivity index (χ3v) is 5.84. The lowest BCUT2D eigenvalue weighted by atomic mass is 9.89. The molecule has 24 heavy (non-hydrogen) atoms. The van der Waals surface area contributed by atoms with Crippen molar-refractivity contribution in [1.82, 2.24) is 0 Å². The van der Waals surface area contributed by atoms with Gasteiger partial charge >= 0.3 is 0 Å². The average molecular weight is 402 g/mol. The number of hydrogen-bond donors (Lipinski definition) is 1. The summed E-state index contributed by atoms with van der Waals surface area (Å²) >= 11 is 5.09. The smallest absolute Gasteiger partial charge is 0.225 e. The molecule has 5 heteroatoms. The second-order valence-corrected chi connectivity index (χ2v) is 7.58. The molecule has 1 aliphatic heterocycles. The molecular formula is C19H13BrFNOS. The van der Waals surface area contributed by atoms with Crippen LogP contribution in [0.15, 0.2) is 58.4 Å². The summed E-state index contributed by atoms with van der Waals surface area (Å²) in [4.78, 5) is 13.4.